The molecular formula is C21H32ClN13O4. The number of hydrogen-bond donors (Lipinski definition) is 6. The Hall–Kier alpha value is -3.38. The van der Waals surface area contributed by atoms with E-state index in [0.29, 0.717) is 36.7 Å². The molecule has 39 heavy (non-hydrogen) atoms. The van der Waals surface area contributed by atoms with Crippen LogP contribution in [0.15, 0.2) is 6.33 Å². The number of rotatable bonds is 6. The van der Waals surface area contributed by atoms with Crippen LogP contribution in [0, 0.1) is 0 Å². The zero-order valence-electron chi connectivity index (χ0n) is 21.2. The van der Waals surface area contributed by atoms with Gasteiger partial charge >= 0.3 is 6.03 Å². The number of fused-ring (bicyclic) bond motifs is 1. The molecule has 3 aromatic rings. The smallest absolute Gasteiger partial charge is 0.315 e. The number of tetrazole rings is 1. The third kappa shape index (κ3) is 5.14. The molecule has 0 spiro atoms. The predicted octanol–water partition coefficient (Wildman–Crippen LogP) is -1.93. The molecule has 0 unspecified atom stereocenters. The number of nitrogens with one attached hydrogen (secondary N) is 3. The Bertz CT molecular complexity index is 1310. The molecule has 0 aromatic carbocycles. The van der Waals surface area contributed by atoms with Crippen molar-refractivity contribution in [1.82, 2.24) is 55.7 Å². The number of ether oxygens (including phenoxy) is 1. The molecule has 0 aliphatic carbocycles. The Balaban J connectivity index is 0.00000308. The number of anilines is 2. The number of aryl methyl sites for hydroxylation is 1. The number of aliphatic hydroxyl groups is 2. The van der Waals surface area contributed by atoms with Crippen LogP contribution in [0.25, 0.3) is 11.2 Å². The molecule has 3 aliphatic heterocycles. The van der Waals surface area contributed by atoms with Crippen LogP contribution in [-0.2, 0) is 11.3 Å². The molecule has 17 nitrogen and oxygen atoms in total. The standard InChI is InChI=1S/C21H31N13O4.ClH/c1-2-34-30-17(29-31-34)15-13(35)14(36)19(38-15)33-9-24-12-16(22)27-20(28-18(12)33)32-6-4-11(8-32)26-21(37)25-10-3-5-23-7-10;/h9-11,13-15,19,23,35-36H,2-8H2,1H3,(H2,22,27,28)(H2,25,26,37);1H/t10-,11-,13+,14-,15+,19-;/m1./s1. The van der Waals surface area contributed by atoms with Gasteiger partial charge in [0.2, 0.25) is 11.8 Å². The number of imidazole rings is 1. The topological polar surface area (TPSA) is 219 Å². The van der Waals surface area contributed by atoms with Gasteiger partial charge in [0.25, 0.3) is 0 Å². The summed E-state index contributed by atoms with van der Waals surface area (Å²) in [6.45, 7) is 5.17. The Morgan fingerprint density at radius 1 is 1.23 bits per heavy atom. The third-order valence-electron chi connectivity index (χ3n) is 7.16. The van der Waals surface area contributed by atoms with Gasteiger partial charge in [-0.1, -0.05) is 0 Å². The van der Waals surface area contributed by atoms with Crippen molar-refractivity contribution in [3.63, 3.8) is 0 Å². The number of carbonyl (C=O) groups is 1. The summed E-state index contributed by atoms with van der Waals surface area (Å²) in [7, 11) is 0. The number of urea groups is 1. The number of nitrogens with zero attached hydrogens (tertiary/aromatic N) is 9. The lowest BCUT2D eigenvalue weighted by Crippen LogP contribution is -2.47. The van der Waals surface area contributed by atoms with Gasteiger partial charge in [-0.25, -0.2) is 9.78 Å². The molecule has 7 N–H and O–H groups in total. The number of aromatic nitrogens is 8. The Kier molecular flexibility index (Phi) is 7.68. The molecule has 6 heterocycles. The summed E-state index contributed by atoms with van der Waals surface area (Å²) < 4.78 is 7.49. The van der Waals surface area contributed by atoms with E-state index in [1.165, 1.54) is 15.7 Å². The van der Waals surface area contributed by atoms with E-state index in [2.05, 4.69) is 46.3 Å². The van der Waals surface area contributed by atoms with Crippen molar-refractivity contribution in [1.29, 1.82) is 0 Å². The summed E-state index contributed by atoms with van der Waals surface area (Å²) in [4.78, 5) is 29.1. The van der Waals surface area contributed by atoms with Gasteiger partial charge < -0.3 is 41.5 Å². The van der Waals surface area contributed by atoms with Gasteiger partial charge in [0, 0.05) is 31.7 Å². The number of amides is 2. The van der Waals surface area contributed by atoms with Crippen LogP contribution in [0.3, 0.4) is 0 Å². The third-order valence-corrected chi connectivity index (χ3v) is 7.16. The Morgan fingerprint density at radius 3 is 2.79 bits per heavy atom. The highest BCUT2D eigenvalue weighted by Gasteiger charge is 2.47. The number of nitrogens with two attached hydrogens (primary N) is 1. The van der Waals surface area contributed by atoms with Crippen LogP contribution in [0.5, 0.6) is 0 Å². The van der Waals surface area contributed by atoms with E-state index in [9.17, 15) is 15.0 Å². The zero-order valence-corrected chi connectivity index (χ0v) is 22.0. The van der Waals surface area contributed by atoms with Crippen molar-refractivity contribution in [2.75, 3.05) is 36.8 Å². The zero-order chi connectivity index (χ0) is 26.4. The van der Waals surface area contributed by atoms with Gasteiger partial charge in [-0.15, -0.1) is 22.6 Å². The molecule has 18 heteroatoms. The van der Waals surface area contributed by atoms with Crippen LogP contribution >= 0.6 is 12.4 Å². The molecule has 3 aliphatic rings. The lowest BCUT2D eigenvalue weighted by molar-refractivity contribution is -0.0384. The van der Waals surface area contributed by atoms with Crippen LogP contribution in [-0.4, -0.2) is 106 Å². The van der Waals surface area contributed by atoms with E-state index in [0.717, 1.165) is 25.9 Å². The first-order valence-corrected chi connectivity index (χ1v) is 12.7. The van der Waals surface area contributed by atoms with E-state index in [1.54, 1.807) is 0 Å². The van der Waals surface area contributed by atoms with Crippen LogP contribution in [0.2, 0.25) is 0 Å². The maximum atomic E-state index is 12.4. The number of halogens is 1. The van der Waals surface area contributed by atoms with Crippen molar-refractivity contribution in [2.24, 2.45) is 0 Å². The van der Waals surface area contributed by atoms with Crippen molar-refractivity contribution in [2.45, 2.75) is 62.9 Å². The SMILES string of the molecule is CCn1nnc([C@H]2O[C@@H](n3cnc4c(N)nc(N5CC[C@@H](NC(=O)N[C@@H]6CCNC6)C5)nc43)[C@H](O)[C@@H]2O)n1.Cl. The molecule has 3 aromatic heterocycles. The van der Waals surface area contributed by atoms with Crippen LogP contribution in [0.4, 0.5) is 16.6 Å². The van der Waals surface area contributed by atoms with Crippen LogP contribution in [0.1, 0.15) is 37.9 Å². The van der Waals surface area contributed by atoms with E-state index in [-0.39, 0.29) is 42.2 Å². The molecule has 6 rings (SSSR count). The van der Waals surface area contributed by atoms with E-state index < -0.39 is 24.5 Å². The van der Waals surface area contributed by atoms with Gasteiger partial charge in [-0.05, 0) is 31.5 Å². The molecule has 6 atom stereocenters. The highest BCUT2D eigenvalue weighted by molar-refractivity contribution is 5.85. The number of hydrogen-bond acceptors (Lipinski definition) is 13. The van der Waals surface area contributed by atoms with E-state index in [4.69, 9.17) is 10.5 Å². The van der Waals surface area contributed by atoms with Gasteiger partial charge in [-0.3, -0.25) is 4.57 Å². The predicted molar refractivity (Wildman–Crippen MR) is 139 cm³/mol. The Labute approximate surface area is 228 Å². The summed E-state index contributed by atoms with van der Waals surface area (Å²) >= 11 is 0. The second-order valence-corrected chi connectivity index (χ2v) is 9.74. The largest absolute Gasteiger partial charge is 0.387 e. The fourth-order valence-corrected chi connectivity index (χ4v) is 5.11. The van der Waals surface area contributed by atoms with Crippen molar-refractivity contribution < 1.29 is 19.7 Å². The molecule has 3 saturated heterocycles. The summed E-state index contributed by atoms with van der Waals surface area (Å²) in [6, 6.07) is -0.123. The number of aliphatic hydroxyl groups excluding tert-OH is 2. The molecule has 212 valence electrons. The minimum atomic E-state index is -1.31. The summed E-state index contributed by atoms with van der Waals surface area (Å²) in [5.41, 5.74) is 6.91. The maximum absolute atomic E-state index is 12.4. The van der Waals surface area contributed by atoms with Crippen molar-refractivity contribution in [3.05, 3.63) is 12.2 Å². The fourth-order valence-electron chi connectivity index (χ4n) is 5.11. The summed E-state index contributed by atoms with van der Waals surface area (Å²) in [6.07, 6.45) is -1.52. The van der Waals surface area contributed by atoms with E-state index >= 15 is 0 Å². The highest BCUT2D eigenvalue weighted by Crippen LogP contribution is 2.39. The van der Waals surface area contributed by atoms with Crippen molar-refractivity contribution >= 4 is 41.4 Å². The molecular weight excluding hydrogens is 534 g/mol. The fraction of sp³-hybridized carbons (Fsp3) is 0.667. The second-order valence-electron chi connectivity index (χ2n) is 9.74. The molecule has 0 radical (unpaired) electrons. The first-order chi connectivity index (χ1) is 18.4. The maximum Gasteiger partial charge on any atom is 0.315 e. The summed E-state index contributed by atoms with van der Waals surface area (Å²) in [5.74, 6) is 0.714. The molecule has 2 amide bonds. The second kappa shape index (κ2) is 11.0. The molecule has 0 saturated carbocycles. The quantitative estimate of drug-likeness (QED) is 0.192. The molecule has 0 bridgehead atoms. The van der Waals surface area contributed by atoms with Gasteiger partial charge in [0.05, 0.1) is 12.9 Å². The monoisotopic (exact) mass is 565 g/mol. The lowest BCUT2D eigenvalue weighted by atomic mass is 10.1. The van der Waals surface area contributed by atoms with Gasteiger partial charge in [0.15, 0.2) is 23.8 Å². The van der Waals surface area contributed by atoms with Gasteiger partial charge in [0.1, 0.15) is 17.7 Å². The normalized spacial score (nSPS) is 28.6. The number of carbonyl (C=O) groups excluding carboxylic acids is 1. The average molecular weight is 566 g/mol. The van der Waals surface area contributed by atoms with Gasteiger partial charge in [-0.2, -0.15) is 14.8 Å². The van der Waals surface area contributed by atoms with Crippen LogP contribution < -0.4 is 26.6 Å². The minimum Gasteiger partial charge on any atom is -0.387 e. The molecule has 3 fully saturated rings. The first kappa shape index (κ1) is 27.2. The lowest BCUT2D eigenvalue weighted by Gasteiger charge is -2.20. The average Bonchev–Trinajstić information content (AvgIpc) is 3.72. The van der Waals surface area contributed by atoms with Crippen molar-refractivity contribution in [3.8, 4) is 0 Å². The summed E-state index contributed by atoms with van der Waals surface area (Å²) in [5, 5.41) is 42.8. The first-order valence-electron chi connectivity index (χ1n) is 12.7. The highest BCUT2D eigenvalue weighted by atomic mass is 35.5. The number of nitrogen functional groups attached to an aromatic ring is 1. The van der Waals surface area contributed by atoms with E-state index in [1.807, 2.05) is 11.8 Å². The Morgan fingerprint density at radius 2 is 2.05 bits per heavy atom. The minimum absolute atomic E-state index is 0.